The maximum atomic E-state index is 12.8. The second-order valence-electron chi connectivity index (χ2n) is 6.65. The molecule has 1 aliphatic carbocycles. The Morgan fingerprint density at radius 1 is 1.18 bits per heavy atom. The average Bonchev–Trinajstić information content (AvgIpc) is 2.62. The number of nitrogens with two attached hydrogens (primary N) is 1. The predicted octanol–water partition coefficient (Wildman–Crippen LogP) is 3.11. The Kier molecular flexibility index (Phi) is 13.5. The molecule has 1 heterocycles. The van der Waals surface area contributed by atoms with E-state index >= 15 is 0 Å². The van der Waals surface area contributed by atoms with E-state index in [0.29, 0.717) is 43.9 Å². The van der Waals surface area contributed by atoms with Crippen LogP contribution in [0.4, 0.5) is 0 Å². The maximum Gasteiger partial charge on any atom is 0.344 e. The first-order valence-electron chi connectivity index (χ1n) is 9.42. The molecule has 1 saturated carbocycles. The molecule has 28 heavy (non-hydrogen) atoms. The third-order valence-corrected chi connectivity index (χ3v) is 9.32. The molecule has 0 aromatic heterocycles. The van der Waals surface area contributed by atoms with Crippen LogP contribution in [0.2, 0.25) is 0 Å². The summed E-state index contributed by atoms with van der Waals surface area (Å²) in [5, 5.41) is 2.71. The molecule has 0 spiro atoms. The van der Waals surface area contributed by atoms with Gasteiger partial charge in [0.1, 0.15) is 0 Å². The zero-order valence-electron chi connectivity index (χ0n) is 16.0. The minimum atomic E-state index is -3.98. The molecule has 2 atom stereocenters. The van der Waals surface area contributed by atoms with Gasteiger partial charge in [0.2, 0.25) is 0 Å². The molecule has 0 aromatic rings. The van der Waals surface area contributed by atoms with Crippen LogP contribution in [0.1, 0.15) is 38.5 Å². The number of thioether (sulfide) groups is 1. The van der Waals surface area contributed by atoms with Crippen LogP contribution < -0.4 is 10.8 Å². The lowest BCUT2D eigenvalue weighted by molar-refractivity contribution is 0.227. The van der Waals surface area contributed by atoms with Crippen LogP contribution in [0.25, 0.3) is 0 Å². The molecule has 168 valence electrons. The first-order valence-corrected chi connectivity index (χ1v) is 14.7. The van der Waals surface area contributed by atoms with Gasteiger partial charge in [-0.3, -0.25) is 9.12 Å². The molecule has 8 nitrogen and oxygen atoms in total. The van der Waals surface area contributed by atoms with Crippen LogP contribution in [0, 0.1) is 0 Å². The van der Waals surface area contributed by atoms with Crippen molar-refractivity contribution < 1.29 is 22.1 Å². The Morgan fingerprint density at radius 3 is 2.25 bits per heavy atom. The van der Waals surface area contributed by atoms with Gasteiger partial charge in [0.25, 0.3) is 10.1 Å². The van der Waals surface area contributed by atoms with E-state index in [-0.39, 0.29) is 16.9 Å². The third kappa shape index (κ3) is 11.3. The summed E-state index contributed by atoms with van der Waals surface area (Å²) in [5.74, 6) is 0.467. The Labute approximate surface area is 182 Å². The first kappa shape index (κ1) is 26.9. The number of nitrogens with zero attached hydrogens (tertiary/aromatic N) is 1. The number of rotatable bonds is 9. The van der Waals surface area contributed by atoms with Gasteiger partial charge in [-0.15, -0.1) is 35.0 Å². The lowest BCUT2D eigenvalue weighted by Crippen LogP contribution is -2.40. The fourth-order valence-electron chi connectivity index (χ4n) is 2.85. The lowest BCUT2D eigenvalue weighted by atomic mass is 9.97. The smallest absolute Gasteiger partial charge is 0.328 e. The maximum absolute atomic E-state index is 12.8. The molecule has 2 rings (SSSR count). The predicted molar refractivity (Wildman–Crippen MR) is 118 cm³/mol. The van der Waals surface area contributed by atoms with Crippen molar-refractivity contribution in [3.63, 3.8) is 0 Å². The third-order valence-electron chi connectivity index (χ3n) is 4.32. The summed E-state index contributed by atoms with van der Waals surface area (Å²) in [5.41, 5.74) is 5.63. The minimum absolute atomic E-state index is 0.209. The van der Waals surface area contributed by atoms with Crippen LogP contribution in [0.15, 0.2) is 0 Å². The number of hydrogen-bond acceptors (Lipinski definition) is 6. The van der Waals surface area contributed by atoms with Crippen molar-refractivity contribution in [2.24, 2.45) is 5.73 Å². The van der Waals surface area contributed by atoms with Gasteiger partial charge >= 0.3 is 7.67 Å². The Bertz CT molecular complexity index is 576. The Balaban J connectivity index is 0.000000467. The Hall–Kier alpha value is 0.910. The van der Waals surface area contributed by atoms with Gasteiger partial charge in [0, 0.05) is 36.6 Å². The fourth-order valence-corrected chi connectivity index (χ4v) is 7.94. The van der Waals surface area contributed by atoms with E-state index in [9.17, 15) is 13.0 Å². The standard InChI is InChI=1S/C9H19Cl2N2O5PS2.C6H13N/c10-2-4-13(5-3-11)19(14)12-9(1-6-18-19)20-7-8-21(15,16)17;7-6-4-2-1-3-5-6/h9H,1-8H2,(H,12,14)(H,15,16,17);6H,1-5,7H2/t9-,19-;/m1./s1. The highest BCUT2D eigenvalue weighted by Gasteiger charge is 2.37. The van der Waals surface area contributed by atoms with Gasteiger partial charge in [-0.1, -0.05) is 19.3 Å². The van der Waals surface area contributed by atoms with E-state index in [0.717, 1.165) is 0 Å². The number of hydrogen-bond donors (Lipinski definition) is 3. The molecule has 4 N–H and O–H groups in total. The lowest BCUT2D eigenvalue weighted by Gasteiger charge is -2.36. The fraction of sp³-hybridized carbons (Fsp3) is 1.00. The molecule has 0 radical (unpaired) electrons. The average molecular weight is 500 g/mol. The molecule has 2 aliphatic rings. The summed E-state index contributed by atoms with van der Waals surface area (Å²) in [4.78, 5) is 0. The summed E-state index contributed by atoms with van der Waals surface area (Å²) < 4.78 is 49.8. The highest BCUT2D eigenvalue weighted by molar-refractivity contribution is 8.01. The SMILES string of the molecule is NC1CCCCC1.O=[P@]1(N(CCCl)CCCl)N[C@H](SCCS(=O)(=O)O)CCO1. The van der Waals surface area contributed by atoms with Crippen molar-refractivity contribution in [2.45, 2.75) is 49.9 Å². The first-order chi connectivity index (χ1) is 13.2. The van der Waals surface area contributed by atoms with Gasteiger partial charge in [0.05, 0.1) is 17.7 Å². The van der Waals surface area contributed by atoms with Crippen molar-refractivity contribution >= 4 is 52.8 Å². The number of nitrogens with one attached hydrogen (secondary N) is 1. The molecular formula is C15H32Cl2N3O5PS2. The van der Waals surface area contributed by atoms with Gasteiger partial charge in [0.15, 0.2) is 0 Å². The van der Waals surface area contributed by atoms with Crippen molar-refractivity contribution in [1.82, 2.24) is 9.76 Å². The second kappa shape index (κ2) is 14.1. The van der Waals surface area contributed by atoms with Crippen LogP contribution in [0.5, 0.6) is 0 Å². The van der Waals surface area contributed by atoms with E-state index in [1.165, 1.54) is 43.9 Å². The number of halogens is 2. The molecule has 0 bridgehead atoms. The van der Waals surface area contributed by atoms with Crippen LogP contribution in [0.3, 0.4) is 0 Å². The van der Waals surface area contributed by atoms with E-state index in [4.69, 9.17) is 38.0 Å². The highest BCUT2D eigenvalue weighted by atomic mass is 35.5. The summed E-state index contributed by atoms with van der Waals surface area (Å²) in [6.45, 7) is 1.05. The van der Waals surface area contributed by atoms with E-state index < -0.39 is 17.8 Å². The molecule has 0 aromatic carbocycles. The van der Waals surface area contributed by atoms with Crippen LogP contribution >= 0.6 is 42.6 Å². The van der Waals surface area contributed by atoms with Crippen molar-refractivity contribution in [1.29, 1.82) is 0 Å². The molecule has 0 unspecified atom stereocenters. The largest absolute Gasteiger partial charge is 0.344 e. The van der Waals surface area contributed by atoms with Crippen LogP contribution in [-0.4, -0.2) is 72.0 Å². The normalized spacial score (nSPS) is 26.7. The topological polar surface area (TPSA) is 122 Å². The summed E-state index contributed by atoms with van der Waals surface area (Å²) in [6, 6.07) is 0.536. The quantitative estimate of drug-likeness (QED) is 0.249. The minimum Gasteiger partial charge on any atom is -0.328 e. The van der Waals surface area contributed by atoms with Crippen LogP contribution in [-0.2, 0) is 19.2 Å². The second-order valence-corrected chi connectivity index (χ2v) is 12.4. The van der Waals surface area contributed by atoms with Crippen molar-refractivity contribution in [2.75, 3.05) is 43.0 Å². The van der Waals surface area contributed by atoms with E-state index in [2.05, 4.69) is 5.09 Å². The molecular weight excluding hydrogens is 468 g/mol. The van der Waals surface area contributed by atoms with Crippen molar-refractivity contribution in [3.8, 4) is 0 Å². The van der Waals surface area contributed by atoms with Gasteiger partial charge in [-0.2, -0.15) is 8.42 Å². The van der Waals surface area contributed by atoms with E-state index in [1.807, 2.05) is 0 Å². The summed E-state index contributed by atoms with van der Waals surface area (Å²) >= 11 is 12.7. The molecule has 1 saturated heterocycles. The Morgan fingerprint density at radius 2 is 1.79 bits per heavy atom. The van der Waals surface area contributed by atoms with Gasteiger partial charge in [-0.25, -0.2) is 9.76 Å². The van der Waals surface area contributed by atoms with Gasteiger partial charge in [-0.05, 0) is 19.3 Å². The summed E-state index contributed by atoms with van der Waals surface area (Å²) in [7, 11) is -7.19. The highest BCUT2D eigenvalue weighted by Crippen LogP contribution is 2.50. The van der Waals surface area contributed by atoms with E-state index in [1.54, 1.807) is 4.67 Å². The molecule has 0 amide bonds. The number of alkyl halides is 2. The monoisotopic (exact) mass is 499 g/mol. The molecule has 1 aliphatic heterocycles. The molecule has 2 fully saturated rings. The van der Waals surface area contributed by atoms with Gasteiger partial charge < -0.3 is 10.3 Å². The van der Waals surface area contributed by atoms with Crippen molar-refractivity contribution in [3.05, 3.63) is 0 Å². The molecule has 13 heteroatoms. The zero-order valence-corrected chi connectivity index (χ0v) is 20.0. The zero-order chi connectivity index (χ0) is 21.0. The summed E-state index contributed by atoms with van der Waals surface area (Å²) in [6.07, 6.45) is 7.26.